The Bertz CT molecular complexity index is 704. The first-order valence-electron chi connectivity index (χ1n) is 7.82. The highest BCUT2D eigenvalue weighted by atomic mass is 32.2. The van der Waals surface area contributed by atoms with Gasteiger partial charge in [-0.2, -0.15) is 4.31 Å². The summed E-state index contributed by atoms with van der Waals surface area (Å²) in [5, 5.41) is 0. The van der Waals surface area contributed by atoms with Gasteiger partial charge in [0.2, 0.25) is 10.0 Å². The summed E-state index contributed by atoms with van der Waals surface area (Å²) in [5.41, 5.74) is 0. The molecule has 132 valence electrons. The molecule has 2 fully saturated rings. The quantitative estimate of drug-likeness (QED) is 0.790. The number of carbonyl (C=O) groups is 1. The summed E-state index contributed by atoms with van der Waals surface area (Å²) in [7, 11) is -3.77. The molecule has 9 heteroatoms. The van der Waals surface area contributed by atoms with E-state index in [1.54, 1.807) is 16.7 Å². The lowest BCUT2D eigenvalue weighted by Crippen LogP contribution is -2.51. The van der Waals surface area contributed by atoms with E-state index < -0.39 is 22.0 Å². The van der Waals surface area contributed by atoms with Gasteiger partial charge in [0.1, 0.15) is 5.82 Å². The zero-order chi connectivity index (χ0) is 17.3. The Balaban J connectivity index is 1.76. The van der Waals surface area contributed by atoms with E-state index in [9.17, 15) is 17.6 Å². The first-order chi connectivity index (χ1) is 11.4. The van der Waals surface area contributed by atoms with Crippen molar-refractivity contribution in [2.75, 3.05) is 39.4 Å². The predicted molar refractivity (Wildman–Crippen MR) is 84.2 cm³/mol. The number of amides is 2. The zero-order valence-electron chi connectivity index (χ0n) is 13.4. The van der Waals surface area contributed by atoms with E-state index in [-0.39, 0.29) is 17.5 Å². The van der Waals surface area contributed by atoms with Gasteiger partial charge in [-0.1, -0.05) is 0 Å². The third-order valence-corrected chi connectivity index (χ3v) is 6.35. The van der Waals surface area contributed by atoms with E-state index in [1.807, 2.05) is 0 Å². The van der Waals surface area contributed by atoms with Gasteiger partial charge in [-0.25, -0.2) is 17.6 Å². The normalized spacial score (nSPS) is 22.8. The molecule has 1 aromatic rings. The van der Waals surface area contributed by atoms with E-state index in [0.717, 1.165) is 12.1 Å². The number of carbonyl (C=O) groups excluding carboxylic acids is 1. The second-order valence-electron chi connectivity index (χ2n) is 5.78. The van der Waals surface area contributed by atoms with Crippen molar-refractivity contribution < 1.29 is 22.3 Å². The number of nitrogens with zero attached hydrogens (tertiary/aromatic N) is 3. The summed E-state index contributed by atoms with van der Waals surface area (Å²) < 4.78 is 45.0. The number of hydrogen-bond donors (Lipinski definition) is 0. The Morgan fingerprint density at radius 2 is 1.75 bits per heavy atom. The number of hydrogen-bond acceptors (Lipinski definition) is 4. The molecule has 2 heterocycles. The van der Waals surface area contributed by atoms with Crippen LogP contribution in [-0.2, 0) is 14.8 Å². The van der Waals surface area contributed by atoms with E-state index in [4.69, 9.17) is 4.74 Å². The molecule has 2 amide bonds. The molecule has 1 aromatic carbocycles. The van der Waals surface area contributed by atoms with Crippen molar-refractivity contribution in [2.24, 2.45) is 0 Å². The van der Waals surface area contributed by atoms with E-state index >= 15 is 0 Å². The van der Waals surface area contributed by atoms with E-state index in [0.29, 0.717) is 32.8 Å². The Labute approximate surface area is 140 Å². The standard InChI is InChI=1S/C15H20FN3O4S/c1-12-18(15(20)17-8-10-23-11-9-17)6-7-19(12)24(21,22)14-4-2-13(16)3-5-14/h2-5,12H,6-11H2,1H3/t12-/m1/s1. The molecule has 0 N–H and O–H groups in total. The highest BCUT2D eigenvalue weighted by Gasteiger charge is 2.41. The Kier molecular flexibility index (Phi) is 4.75. The van der Waals surface area contributed by atoms with E-state index in [2.05, 4.69) is 0 Å². The average molecular weight is 357 g/mol. The third kappa shape index (κ3) is 3.11. The molecule has 0 aliphatic carbocycles. The third-order valence-electron chi connectivity index (χ3n) is 4.38. The predicted octanol–water partition coefficient (Wildman–Crippen LogP) is 0.930. The highest BCUT2D eigenvalue weighted by Crippen LogP contribution is 2.25. The van der Waals surface area contributed by atoms with Crippen LogP contribution >= 0.6 is 0 Å². The molecule has 7 nitrogen and oxygen atoms in total. The van der Waals surface area contributed by atoms with Crippen LogP contribution in [0.15, 0.2) is 29.2 Å². The maximum absolute atomic E-state index is 13.0. The molecule has 0 aromatic heterocycles. The lowest BCUT2D eigenvalue weighted by atomic mass is 10.4. The van der Waals surface area contributed by atoms with Gasteiger partial charge in [0, 0.05) is 26.2 Å². The summed E-state index contributed by atoms with van der Waals surface area (Å²) in [6, 6.07) is 4.53. The summed E-state index contributed by atoms with van der Waals surface area (Å²) >= 11 is 0. The van der Waals surface area contributed by atoms with Crippen LogP contribution in [0.1, 0.15) is 6.92 Å². The van der Waals surface area contributed by atoms with Gasteiger partial charge in [-0.05, 0) is 31.2 Å². The first kappa shape index (κ1) is 17.1. The van der Waals surface area contributed by atoms with Crippen LogP contribution in [0.5, 0.6) is 0 Å². The lowest BCUT2D eigenvalue weighted by molar-refractivity contribution is 0.0410. The lowest BCUT2D eigenvalue weighted by Gasteiger charge is -2.33. The Morgan fingerprint density at radius 1 is 1.12 bits per heavy atom. The average Bonchev–Trinajstić information content (AvgIpc) is 2.97. The molecule has 0 unspecified atom stereocenters. The number of sulfonamides is 1. The molecule has 2 aliphatic heterocycles. The monoisotopic (exact) mass is 357 g/mol. The fourth-order valence-corrected chi connectivity index (χ4v) is 4.58. The van der Waals surface area contributed by atoms with Crippen molar-refractivity contribution in [1.82, 2.24) is 14.1 Å². The zero-order valence-corrected chi connectivity index (χ0v) is 14.2. The van der Waals surface area contributed by atoms with Gasteiger partial charge in [-0.3, -0.25) is 0 Å². The summed E-state index contributed by atoms with van der Waals surface area (Å²) in [5.74, 6) is -0.493. The fraction of sp³-hybridized carbons (Fsp3) is 0.533. The maximum Gasteiger partial charge on any atom is 0.321 e. The van der Waals surface area contributed by atoms with Crippen molar-refractivity contribution in [2.45, 2.75) is 18.0 Å². The molecule has 2 saturated heterocycles. The van der Waals surface area contributed by atoms with Crippen LogP contribution in [0.4, 0.5) is 9.18 Å². The number of benzene rings is 1. The van der Waals surface area contributed by atoms with Crippen LogP contribution in [0.2, 0.25) is 0 Å². The maximum atomic E-state index is 13.0. The SMILES string of the molecule is C[C@@H]1N(C(=O)N2CCOCC2)CCN1S(=O)(=O)c1ccc(F)cc1. The van der Waals surface area contributed by atoms with Gasteiger partial charge in [-0.15, -0.1) is 0 Å². The summed E-state index contributed by atoms with van der Waals surface area (Å²) in [6.07, 6.45) is -0.588. The van der Waals surface area contributed by atoms with Gasteiger partial charge < -0.3 is 14.5 Å². The second kappa shape index (κ2) is 6.66. The van der Waals surface area contributed by atoms with Crippen LogP contribution in [0.25, 0.3) is 0 Å². The van der Waals surface area contributed by atoms with Crippen LogP contribution in [-0.4, -0.2) is 74.1 Å². The van der Waals surface area contributed by atoms with E-state index in [1.165, 1.54) is 16.4 Å². The van der Waals surface area contributed by atoms with Crippen molar-refractivity contribution in [3.63, 3.8) is 0 Å². The van der Waals surface area contributed by atoms with Crippen molar-refractivity contribution in [1.29, 1.82) is 0 Å². The number of halogens is 1. The molecule has 24 heavy (non-hydrogen) atoms. The van der Waals surface area contributed by atoms with Crippen LogP contribution in [0, 0.1) is 5.82 Å². The van der Waals surface area contributed by atoms with Crippen LogP contribution < -0.4 is 0 Å². The molecule has 3 rings (SSSR count). The molecule has 1 atom stereocenters. The smallest absolute Gasteiger partial charge is 0.321 e. The van der Waals surface area contributed by atoms with Crippen molar-refractivity contribution in [3.8, 4) is 0 Å². The Hall–Kier alpha value is -1.71. The number of morpholine rings is 1. The minimum Gasteiger partial charge on any atom is -0.378 e. The highest BCUT2D eigenvalue weighted by molar-refractivity contribution is 7.89. The summed E-state index contributed by atoms with van der Waals surface area (Å²) in [4.78, 5) is 15.8. The van der Waals surface area contributed by atoms with Gasteiger partial charge >= 0.3 is 6.03 Å². The van der Waals surface area contributed by atoms with Gasteiger partial charge in [0.15, 0.2) is 0 Å². The minimum atomic E-state index is -3.77. The number of urea groups is 1. The molecule has 0 saturated carbocycles. The van der Waals surface area contributed by atoms with Gasteiger partial charge in [0.05, 0.1) is 24.3 Å². The first-order valence-corrected chi connectivity index (χ1v) is 9.26. The van der Waals surface area contributed by atoms with Crippen LogP contribution in [0.3, 0.4) is 0 Å². The minimum absolute atomic E-state index is 0.0245. The number of ether oxygens (including phenoxy) is 1. The molecule has 0 spiro atoms. The topological polar surface area (TPSA) is 70.2 Å². The summed E-state index contributed by atoms with van der Waals surface area (Å²) in [6.45, 7) is 4.23. The second-order valence-corrected chi connectivity index (χ2v) is 7.67. The largest absolute Gasteiger partial charge is 0.378 e. The Morgan fingerprint density at radius 3 is 2.38 bits per heavy atom. The van der Waals surface area contributed by atoms with Crippen molar-refractivity contribution >= 4 is 16.1 Å². The molecule has 2 aliphatic rings. The molecular formula is C15H20FN3O4S. The molecule has 0 radical (unpaired) electrons. The van der Waals surface area contributed by atoms with Gasteiger partial charge in [0.25, 0.3) is 0 Å². The molecular weight excluding hydrogens is 337 g/mol. The van der Waals surface area contributed by atoms with Crippen molar-refractivity contribution in [3.05, 3.63) is 30.1 Å². The number of rotatable bonds is 2. The molecule has 0 bridgehead atoms. The fourth-order valence-electron chi connectivity index (χ4n) is 2.99.